The summed E-state index contributed by atoms with van der Waals surface area (Å²) >= 11 is 0. The zero-order chi connectivity index (χ0) is 15.4. The lowest BCUT2D eigenvalue weighted by Crippen LogP contribution is -2.26. The number of anilines is 2. The van der Waals surface area contributed by atoms with Crippen LogP contribution >= 0.6 is 0 Å². The molecule has 0 saturated heterocycles. The van der Waals surface area contributed by atoms with Gasteiger partial charge in [0, 0.05) is 6.54 Å². The number of ether oxygens (including phenoxy) is 1. The fourth-order valence-electron chi connectivity index (χ4n) is 1.34. The molecule has 1 heterocycles. The quantitative estimate of drug-likeness (QED) is 0.717. The van der Waals surface area contributed by atoms with Crippen molar-refractivity contribution in [1.82, 2.24) is 9.71 Å². The highest BCUT2D eigenvalue weighted by Gasteiger charge is 2.15. The van der Waals surface area contributed by atoms with E-state index < -0.39 is 15.6 Å². The molecule has 4 N–H and O–H groups in total. The summed E-state index contributed by atoms with van der Waals surface area (Å²) in [5.74, 6) is 0.814. The molecular weight excluding hydrogens is 280 g/mol. The molecule has 0 spiro atoms. The largest absolute Gasteiger partial charge is 0.470 e. The third-order valence-electron chi connectivity index (χ3n) is 2.28. The van der Waals surface area contributed by atoms with Crippen LogP contribution in [0.2, 0.25) is 0 Å². The number of nitrogens with two attached hydrogens (primary N) is 1. The van der Waals surface area contributed by atoms with Crippen molar-refractivity contribution < 1.29 is 13.2 Å². The monoisotopic (exact) mass is 302 g/mol. The Hall–Kier alpha value is -1.54. The molecule has 20 heavy (non-hydrogen) atoms. The number of sulfonamides is 1. The summed E-state index contributed by atoms with van der Waals surface area (Å²) in [6.45, 7) is 5.93. The second-order valence-electron chi connectivity index (χ2n) is 5.26. The van der Waals surface area contributed by atoms with E-state index >= 15 is 0 Å². The van der Waals surface area contributed by atoms with Crippen LogP contribution < -0.4 is 20.5 Å². The predicted octanol–water partition coefficient (Wildman–Crippen LogP) is 0.802. The number of hydrogen-bond donors (Lipinski definition) is 3. The zero-order valence-electron chi connectivity index (χ0n) is 12.2. The van der Waals surface area contributed by atoms with E-state index in [9.17, 15) is 8.42 Å². The first-order chi connectivity index (χ1) is 9.13. The van der Waals surface area contributed by atoms with Crippen LogP contribution in [0.3, 0.4) is 0 Å². The van der Waals surface area contributed by atoms with Crippen LogP contribution in [0.5, 0.6) is 5.88 Å². The summed E-state index contributed by atoms with van der Waals surface area (Å²) in [7, 11) is -1.85. The third kappa shape index (κ3) is 5.62. The Morgan fingerprint density at radius 1 is 1.35 bits per heavy atom. The predicted molar refractivity (Wildman–Crippen MR) is 80.4 cm³/mol. The number of pyridine rings is 1. The SMILES string of the molecule is CNS(=O)(=O)CCNc1ccc(N)c(OC(C)(C)C)n1. The van der Waals surface area contributed by atoms with E-state index in [2.05, 4.69) is 15.0 Å². The highest BCUT2D eigenvalue weighted by atomic mass is 32.2. The van der Waals surface area contributed by atoms with E-state index in [-0.39, 0.29) is 12.3 Å². The third-order valence-corrected chi connectivity index (χ3v) is 3.64. The molecule has 0 unspecified atom stereocenters. The molecular formula is C12H22N4O3S. The van der Waals surface area contributed by atoms with Gasteiger partial charge in [-0.25, -0.2) is 13.1 Å². The minimum atomic E-state index is -3.23. The number of rotatable bonds is 6. The van der Waals surface area contributed by atoms with Gasteiger partial charge in [-0.2, -0.15) is 4.98 Å². The van der Waals surface area contributed by atoms with Gasteiger partial charge in [0.1, 0.15) is 11.4 Å². The maximum absolute atomic E-state index is 11.3. The van der Waals surface area contributed by atoms with E-state index in [4.69, 9.17) is 10.5 Å². The van der Waals surface area contributed by atoms with Gasteiger partial charge in [0.15, 0.2) is 0 Å². The molecule has 0 radical (unpaired) electrons. The highest BCUT2D eigenvalue weighted by Crippen LogP contribution is 2.24. The number of aromatic nitrogens is 1. The van der Waals surface area contributed by atoms with Crippen LogP contribution in [-0.4, -0.2) is 38.3 Å². The number of nitrogens with one attached hydrogen (secondary N) is 2. The smallest absolute Gasteiger partial charge is 0.239 e. The van der Waals surface area contributed by atoms with Crippen LogP contribution in [-0.2, 0) is 10.0 Å². The first-order valence-corrected chi connectivity index (χ1v) is 7.89. The van der Waals surface area contributed by atoms with Gasteiger partial charge in [0.25, 0.3) is 0 Å². The highest BCUT2D eigenvalue weighted by molar-refractivity contribution is 7.89. The summed E-state index contributed by atoms with van der Waals surface area (Å²) in [5.41, 5.74) is 5.83. The van der Waals surface area contributed by atoms with E-state index in [1.54, 1.807) is 12.1 Å². The Balaban J connectivity index is 2.71. The maximum Gasteiger partial charge on any atom is 0.239 e. The van der Waals surface area contributed by atoms with Crippen molar-refractivity contribution >= 4 is 21.5 Å². The van der Waals surface area contributed by atoms with Crippen LogP contribution in [0.15, 0.2) is 12.1 Å². The topological polar surface area (TPSA) is 106 Å². The summed E-state index contributed by atoms with van der Waals surface area (Å²) in [6.07, 6.45) is 0. The molecule has 8 heteroatoms. The van der Waals surface area contributed by atoms with Gasteiger partial charge in [0.05, 0.1) is 11.4 Å². The van der Waals surface area contributed by atoms with Gasteiger partial charge < -0.3 is 15.8 Å². The maximum atomic E-state index is 11.3. The summed E-state index contributed by atoms with van der Waals surface area (Å²) < 4.78 is 30.4. The van der Waals surface area contributed by atoms with Gasteiger partial charge >= 0.3 is 0 Å². The molecule has 0 amide bonds. The standard InChI is InChI=1S/C12H22N4O3S/c1-12(2,3)19-11-9(13)5-6-10(16-11)15-7-8-20(17,18)14-4/h5-6,14H,7-8,13H2,1-4H3,(H,15,16). The van der Waals surface area contributed by atoms with E-state index in [0.29, 0.717) is 17.4 Å². The Labute approximate surface area is 120 Å². The van der Waals surface area contributed by atoms with Crippen molar-refractivity contribution in [1.29, 1.82) is 0 Å². The Morgan fingerprint density at radius 2 is 2.00 bits per heavy atom. The average Bonchev–Trinajstić information content (AvgIpc) is 2.31. The van der Waals surface area contributed by atoms with Gasteiger partial charge in [-0.15, -0.1) is 0 Å². The van der Waals surface area contributed by atoms with Gasteiger partial charge in [0.2, 0.25) is 15.9 Å². The van der Waals surface area contributed by atoms with Crippen molar-refractivity contribution in [2.75, 3.05) is 30.4 Å². The molecule has 1 aromatic rings. The van der Waals surface area contributed by atoms with Crippen LogP contribution in [0.4, 0.5) is 11.5 Å². The van der Waals surface area contributed by atoms with Gasteiger partial charge in [-0.05, 0) is 40.0 Å². The lowest BCUT2D eigenvalue weighted by Gasteiger charge is -2.21. The molecule has 0 bridgehead atoms. The minimum Gasteiger partial charge on any atom is -0.470 e. The van der Waals surface area contributed by atoms with E-state index in [1.807, 2.05) is 20.8 Å². The molecule has 0 aliphatic carbocycles. The van der Waals surface area contributed by atoms with Crippen molar-refractivity contribution in [3.8, 4) is 5.88 Å². The molecule has 0 aliphatic heterocycles. The second-order valence-corrected chi connectivity index (χ2v) is 7.30. The summed E-state index contributed by atoms with van der Waals surface area (Å²) in [4.78, 5) is 4.23. The van der Waals surface area contributed by atoms with Gasteiger partial charge in [-0.3, -0.25) is 0 Å². The molecule has 0 aromatic carbocycles. The lowest BCUT2D eigenvalue weighted by molar-refractivity contribution is 0.125. The van der Waals surface area contributed by atoms with E-state index in [1.165, 1.54) is 7.05 Å². The van der Waals surface area contributed by atoms with Crippen LogP contribution in [0.1, 0.15) is 20.8 Å². The normalized spacial score (nSPS) is 12.2. The van der Waals surface area contributed by atoms with Crippen molar-refractivity contribution in [3.05, 3.63) is 12.1 Å². The molecule has 0 fully saturated rings. The fourth-order valence-corrected chi connectivity index (χ4v) is 1.91. The Kier molecular flexibility index (Phi) is 5.18. The van der Waals surface area contributed by atoms with Crippen molar-refractivity contribution in [2.45, 2.75) is 26.4 Å². The molecule has 0 saturated carbocycles. The second kappa shape index (κ2) is 6.27. The Morgan fingerprint density at radius 3 is 2.55 bits per heavy atom. The van der Waals surface area contributed by atoms with Crippen LogP contribution in [0.25, 0.3) is 0 Å². The van der Waals surface area contributed by atoms with Gasteiger partial charge in [-0.1, -0.05) is 0 Å². The Bertz CT molecular complexity index is 552. The van der Waals surface area contributed by atoms with Crippen molar-refractivity contribution in [3.63, 3.8) is 0 Å². The summed E-state index contributed by atoms with van der Waals surface area (Å²) in [5, 5.41) is 2.92. The zero-order valence-corrected chi connectivity index (χ0v) is 13.0. The molecule has 0 aliphatic rings. The van der Waals surface area contributed by atoms with E-state index in [0.717, 1.165) is 0 Å². The van der Waals surface area contributed by atoms with Crippen molar-refractivity contribution in [2.24, 2.45) is 0 Å². The summed E-state index contributed by atoms with van der Waals surface area (Å²) in [6, 6.07) is 3.35. The lowest BCUT2D eigenvalue weighted by atomic mass is 10.2. The minimum absolute atomic E-state index is 0.0367. The average molecular weight is 302 g/mol. The molecule has 1 rings (SSSR count). The molecule has 0 atom stereocenters. The molecule has 114 valence electrons. The number of hydrogen-bond acceptors (Lipinski definition) is 6. The van der Waals surface area contributed by atoms with Crippen LogP contribution in [0, 0.1) is 0 Å². The number of nitrogens with zero attached hydrogens (tertiary/aromatic N) is 1. The fraction of sp³-hybridized carbons (Fsp3) is 0.583. The molecule has 7 nitrogen and oxygen atoms in total. The number of nitrogen functional groups attached to an aromatic ring is 1. The molecule has 1 aromatic heterocycles. The first kappa shape index (κ1) is 16.5. The first-order valence-electron chi connectivity index (χ1n) is 6.23.